The van der Waals surface area contributed by atoms with Gasteiger partial charge < -0.3 is 5.32 Å². The van der Waals surface area contributed by atoms with E-state index in [1.807, 2.05) is 24.5 Å². The monoisotopic (exact) mass is 285 g/mol. The van der Waals surface area contributed by atoms with E-state index in [1.54, 1.807) is 30.4 Å². The Morgan fingerprint density at radius 2 is 2.05 bits per heavy atom. The van der Waals surface area contributed by atoms with E-state index < -0.39 is 0 Å². The van der Waals surface area contributed by atoms with Gasteiger partial charge >= 0.3 is 0 Å². The highest BCUT2D eigenvalue weighted by Gasteiger charge is 2.04. The molecule has 0 aliphatic carbocycles. The molecule has 0 aliphatic rings. The number of hydrogen-bond acceptors (Lipinski definition) is 2. The molecule has 1 aromatic heterocycles. The first-order valence-electron chi connectivity index (χ1n) is 6.28. The van der Waals surface area contributed by atoms with E-state index in [4.69, 9.17) is 0 Å². The van der Waals surface area contributed by atoms with Crippen LogP contribution in [0.1, 0.15) is 19.4 Å². The zero-order chi connectivity index (χ0) is 15.0. The molecule has 0 aromatic carbocycles. The Morgan fingerprint density at radius 3 is 2.55 bits per heavy atom. The molecule has 0 spiro atoms. The van der Waals surface area contributed by atoms with Crippen LogP contribution in [0, 0.1) is 0 Å². The predicted molar refractivity (Wildman–Crippen MR) is 88.3 cm³/mol. The van der Waals surface area contributed by atoms with Crippen LogP contribution in [0.4, 0.5) is 0 Å². The molecule has 1 aromatic rings. The molecule has 0 unspecified atom stereocenters. The second-order valence-electron chi connectivity index (χ2n) is 4.02. The maximum Gasteiger partial charge on any atom is 0.255 e. The van der Waals surface area contributed by atoms with E-state index in [9.17, 15) is 4.79 Å². The standard InChI is InChI=1S/C17H19NOS/c1-5-14(6-2)17(19)18-13(4)8-9-15(7-3)16-10-11-20-12-16/h5-12H,1,4H2,2-3H3,(H,18,19)/b9-8-,14-6+,15-7+. The molecule has 0 radical (unpaired) electrons. The first-order chi connectivity index (χ1) is 9.62. The summed E-state index contributed by atoms with van der Waals surface area (Å²) in [6.07, 6.45) is 8.99. The molecule has 1 heterocycles. The number of hydrogen-bond donors (Lipinski definition) is 1. The molecule has 0 fully saturated rings. The van der Waals surface area contributed by atoms with Gasteiger partial charge in [-0.1, -0.05) is 37.5 Å². The van der Waals surface area contributed by atoms with Gasteiger partial charge in [0.1, 0.15) is 0 Å². The van der Waals surface area contributed by atoms with Gasteiger partial charge in [0, 0.05) is 11.3 Å². The molecule has 1 amide bonds. The van der Waals surface area contributed by atoms with Gasteiger partial charge in [0.15, 0.2) is 0 Å². The van der Waals surface area contributed by atoms with Crippen LogP contribution in [0.25, 0.3) is 5.57 Å². The molecule has 0 atom stereocenters. The van der Waals surface area contributed by atoms with Gasteiger partial charge in [-0.15, -0.1) is 0 Å². The lowest BCUT2D eigenvalue weighted by atomic mass is 10.1. The van der Waals surface area contributed by atoms with Crippen molar-refractivity contribution in [1.29, 1.82) is 0 Å². The first kappa shape index (κ1) is 15.9. The van der Waals surface area contributed by atoms with Crippen LogP contribution >= 0.6 is 11.3 Å². The molecule has 3 heteroatoms. The zero-order valence-electron chi connectivity index (χ0n) is 11.8. The molecular formula is C17H19NOS. The van der Waals surface area contributed by atoms with Crippen molar-refractivity contribution in [3.05, 3.63) is 77.2 Å². The summed E-state index contributed by atoms with van der Waals surface area (Å²) in [7, 11) is 0. The second-order valence-corrected chi connectivity index (χ2v) is 4.80. The molecule has 104 valence electrons. The Kier molecular flexibility index (Phi) is 6.47. The number of rotatable bonds is 6. The van der Waals surface area contributed by atoms with Crippen molar-refractivity contribution < 1.29 is 4.79 Å². The third-order valence-corrected chi connectivity index (χ3v) is 3.38. The zero-order valence-corrected chi connectivity index (χ0v) is 12.7. The Balaban J connectivity index is 2.69. The number of allylic oxidation sites excluding steroid dienone is 5. The summed E-state index contributed by atoms with van der Waals surface area (Å²) in [5, 5.41) is 6.84. The lowest BCUT2D eigenvalue weighted by Gasteiger charge is -2.05. The van der Waals surface area contributed by atoms with E-state index in [1.165, 1.54) is 6.08 Å². The van der Waals surface area contributed by atoms with Crippen molar-refractivity contribution in [3.63, 3.8) is 0 Å². The van der Waals surface area contributed by atoms with Gasteiger partial charge in [0.25, 0.3) is 5.91 Å². The summed E-state index contributed by atoms with van der Waals surface area (Å²) in [4.78, 5) is 11.8. The maximum absolute atomic E-state index is 11.8. The van der Waals surface area contributed by atoms with Gasteiger partial charge in [-0.05, 0) is 47.9 Å². The minimum absolute atomic E-state index is 0.199. The highest BCUT2D eigenvalue weighted by molar-refractivity contribution is 7.08. The number of nitrogens with one attached hydrogen (secondary N) is 1. The fourth-order valence-corrected chi connectivity index (χ4v) is 2.24. The smallest absolute Gasteiger partial charge is 0.255 e. The Morgan fingerprint density at radius 1 is 1.30 bits per heavy atom. The molecule has 0 saturated carbocycles. The second kappa shape index (κ2) is 8.12. The first-order valence-corrected chi connectivity index (χ1v) is 7.22. The SMILES string of the molecule is C=C/C(=C\C)C(=O)NC(=C)/C=C\C(=C/C)c1ccsc1. The van der Waals surface area contributed by atoms with Gasteiger partial charge in [0.2, 0.25) is 0 Å². The summed E-state index contributed by atoms with van der Waals surface area (Å²) in [5.74, 6) is -0.199. The number of thiophene rings is 1. The summed E-state index contributed by atoms with van der Waals surface area (Å²) in [6, 6.07) is 2.06. The molecule has 1 N–H and O–H groups in total. The average Bonchev–Trinajstić information content (AvgIpc) is 2.95. The van der Waals surface area contributed by atoms with Crippen molar-refractivity contribution in [2.24, 2.45) is 0 Å². The lowest BCUT2D eigenvalue weighted by Crippen LogP contribution is -2.22. The van der Waals surface area contributed by atoms with Crippen LogP contribution in [0.2, 0.25) is 0 Å². The molecule has 2 nitrogen and oxygen atoms in total. The van der Waals surface area contributed by atoms with Crippen LogP contribution in [-0.2, 0) is 4.79 Å². The fourth-order valence-electron chi connectivity index (χ4n) is 1.58. The van der Waals surface area contributed by atoms with Gasteiger partial charge in [-0.25, -0.2) is 0 Å². The van der Waals surface area contributed by atoms with Crippen LogP contribution in [0.5, 0.6) is 0 Å². The summed E-state index contributed by atoms with van der Waals surface area (Å²) >= 11 is 1.65. The van der Waals surface area contributed by atoms with Crippen molar-refractivity contribution in [3.8, 4) is 0 Å². The molecule has 0 aliphatic heterocycles. The maximum atomic E-state index is 11.8. The van der Waals surface area contributed by atoms with Gasteiger partial charge in [0.05, 0.1) is 0 Å². The van der Waals surface area contributed by atoms with E-state index in [0.29, 0.717) is 11.3 Å². The van der Waals surface area contributed by atoms with E-state index in [0.717, 1.165) is 11.1 Å². The fraction of sp³-hybridized carbons (Fsp3) is 0.118. The highest BCUT2D eigenvalue weighted by atomic mass is 32.1. The summed E-state index contributed by atoms with van der Waals surface area (Å²) in [5.41, 5.74) is 3.33. The van der Waals surface area contributed by atoms with Crippen LogP contribution in [0.15, 0.2) is 71.6 Å². The van der Waals surface area contributed by atoms with Crippen LogP contribution in [0.3, 0.4) is 0 Å². The molecule has 20 heavy (non-hydrogen) atoms. The molecular weight excluding hydrogens is 266 g/mol. The number of carbonyl (C=O) groups excluding carboxylic acids is 1. The Labute approximate surface area is 124 Å². The normalized spacial score (nSPS) is 12.5. The van der Waals surface area contributed by atoms with E-state index in [-0.39, 0.29) is 5.91 Å². The molecule has 0 bridgehead atoms. The minimum Gasteiger partial charge on any atom is -0.323 e. The summed E-state index contributed by atoms with van der Waals surface area (Å²) in [6.45, 7) is 11.2. The highest BCUT2D eigenvalue weighted by Crippen LogP contribution is 2.19. The largest absolute Gasteiger partial charge is 0.323 e. The number of amides is 1. The average molecular weight is 285 g/mol. The van der Waals surface area contributed by atoms with Crippen molar-refractivity contribution >= 4 is 22.8 Å². The van der Waals surface area contributed by atoms with Crippen LogP contribution < -0.4 is 5.32 Å². The summed E-state index contributed by atoms with van der Waals surface area (Å²) < 4.78 is 0. The topological polar surface area (TPSA) is 29.1 Å². The molecule has 0 saturated heterocycles. The predicted octanol–water partition coefficient (Wildman–Crippen LogP) is 4.47. The van der Waals surface area contributed by atoms with Crippen molar-refractivity contribution in [1.82, 2.24) is 5.32 Å². The third kappa shape index (κ3) is 4.52. The third-order valence-electron chi connectivity index (χ3n) is 2.70. The quantitative estimate of drug-likeness (QED) is 0.606. The molecule has 1 rings (SSSR count). The van der Waals surface area contributed by atoms with Gasteiger partial charge in [-0.2, -0.15) is 11.3 Å². The lowest BCUT2D eigenvalue weighted by molar-refractivity contribution is -0.116. The van der Waals surface area contributed by atoms with Crippen molar-refractivity contribution in [2.75, 3.05) is 0 Å². The van der Waals surface area contributed by atoms with Crippen molar-refractivity contribution in [2.45, 2.75) is 13.8 Å². The van der Waals surface area contributed by atoms with Gasteiger partial charge in [-0.3, -0.25) is 4.79 Å². The van der Waals surface area contributed by atoms with Crippen LogP contribution in [-0.4, -0.2) is 5.91 Å². The number of carbonyl (C=O) groups is 1. The minimum atomic E-state index is -0.199. The van der Waals surface area contributed by atoms with E-state index in [2.05, 4.69) is 29.9 Å². The Hall–Kier alpha value is -2.13. The van der Waals surface area contributed by atoms with E-state index >= 15 is 0 Å². The Bertz CT molecular complexity index is 574.